The monoisotopic (exact) mass is 378 g/mol. The van der Waals surface area contributed by atoms with Crippen LogP contribution in [0.3, 0.4) is 0 Å². The van der Waals surface area contributed by atoms with E-state index < -0.39 is 6.10 Å². The number of benzene rings is 2. The Morgan fingerprint density at radius 2 is 1.96 bits per heavy atom. The molecule has 3 aromatic rings. The first-order valence-electron chi connectivity index (χ1n) is 8.79. The number of carbonyl (C=O) groups is 2. The van der Waals surface area contributed by atoms with Gasteiger partial charge < -0.3 is 15.4 Å². The standard InChI is InChI=1S/C20H18N4O4/c1-11-19(26)22-16-9-12(7-8-17(16)28-11)21-18(25)10-15-13-5-3-4-6-14(13)20(27)24(2)23-15/h3-9,11H,10H2,1-2H3,(H,21,25)(H,22,26)/t11-/m0/s1. The zero-order valence-corrected chi connectivity index (χ0v) is 15.4. The summed E-state index contributed by atoms with van der Waals surface area (Å²) in [5.41, 5.74) is 1.33. The molecule has 142 valence electrons. The van der Waals surface area contributed by atoms with Crippen LogP contribution in [0.2, 0.25) is 0 Å². The highest BCUT2D eigenvalue weighted by Crippen LogP contribution is 2.32. The second kappa shape index (κ2) is 6.80. The Hall–Kier alpha value is -3.68. The van der Waals surface area contributed by atoms with Crippen molar-refractivity contribution in [2.75, 3.05) is 10.6 Å². The molecule has 1 atom stereocenters. The lowest BCUT2D eigenvalue weighted by atomic mass is 10.1. The van der Waals surface area contributed by atoms with E-state index in [-0.39, 0.29) is 23.8 Å². The fraction of sp³-hybridized carbons (Fsp3) is 0.200. The van der Waals surface area contributed by atoms with E-state index in [0.29, 0.717) is 33.6 Å². The van der Waals surface area contributed by atoms with Gasteiger partial charge in [0.1, 0.15) is 5.75 Å². The van der Waals surface area contributed by atoms with Gasteiger partial charge in [0, 0.05) is 18.1 Å². The van der Waals surface area contributed by atoms with E-state index in [4.69, 9.17) is 4.74 Å². The third-order valence-electron chi connectivity index (χ3n) is 4.56. The van der Waals surface area contributed by atoms with E-state index in [2.05, 4.69) is 15.7 Å². The number of amides is 2. The lowest BCUT2D eigenvalue weighted by Gasteiger charge is -2.23. The first kappa shape index (κ1) is 17.7. The number of fused-ring (bicyclic) bond motifs is 2. The summed E-state index contributed by atoms with van der Waals surface area (Å²) in [5.74, 6) is 0.0281. The number of hydrogen-bond acceptors (Lipinski definition) is 5. The third-order valence-corrected chi connectivity index (χ3v) is 4.56. The van der Waals surface area contributed by atoms with Gasteiger partial charge in [-0.1, -0.05) is 18.2 Å². The number of anilines is 2. The smallest absolute Gasteiger partial charge is 0.274 e. The van der Waals surface area contributed by atoms with Crippen molar-refractivity contribution in [2.24, 2.45) is 7.05 Å². The van der Waals surface area contributed by atoms with E-state index in [9.17, 15) is 14.4 Å². The molecule has 2 amide bonds. The first-order valence-corrected chi connectivity index (χ1v) is 8.79. The van der Waals surface area contributed by atoms with Crippen LogP contribution in [0.5, 0.6) is 5.75 Å². The van der Waals surface area contributed by atoms with Crippen LogP contribution in [0.4, 0.5) is 11.4 Å². The number of rotatable bonds is 3. The lowest BCUT2D eigenvalue weighted by molar-refractivity contribution is -0.122. The molecule has 8 heteroatoms. The zero-order chi connectivity index (χ0) is 19.8. The third kappa shape index (κ3) is 3.20. The van der Waals surface area contributed by atoms with Gasteiger partial charge in [0.15, 0.2) is 6.10 Å². The van der Waals surface area contributed by atoms with Crippen molar-refractivity contribution in [3.63, 3.8) is 0 Å². The number of carbonyl (C=O) groups excluding carboxylic acids is 2. The Balaban J connectivity index is 1.57. The Morgan fingerprint density at radius 1 is 1.21 bits per heavy atom. The summed E-state index contributed by atoms with van der Waals surface area (Å²) in [6.45, 7) is 1.67. The molecular formula is C20H18N4O4. The zero-order valence-electron chi connectivity index (χ0n) is 15.4. The summed E-state index contributed by atoms with van der Waals surface area (Å²) in [6.07, 6.45) is -0.553. The molecule has 1 aromatic heterocycles. The van der Waals surface area contributed by atoms with Gasteiger partial charge in [-0.05, 0) is 31.2 Å². The number of nitrogens with one attached hydrogen (secondary N) is 2. The van der Waals surface area contributed by atoms with Crippen LogP contribution >= 0.6 is 0 Å². The Labute approximate surface area is 160 Å². The number of aromatic nitrogens is 2. The molecule has 0 unspecified atom stereocenters. The molecule has 1 aliphatic rings. The van der Waals surface area contributed by atoms with Crippen molar-refractivity contribution >= 4 is 34.0 Å². The molecule has 4 rings (SSSR count). The Morgan fingerprint density at radius 3 is 2.75 bits per heavy atom. The molecule has 0 aliphatic carbocycles. The van der Waals surface area contributed by atoms with Crippen LogP contribution in [0, 0.1) is 0 Å². The predicted molar refractivity (Wildman–Crippen MR) is 104 cm³/mol. The number of hydrogen-bond donors (Lipinski definition) is 2. The maximum atomic E-state index is 12.5. The van der Waals surface area contributed by atoms with Crippen molar-refractivity contribution in [3.8, 4) is 5.75 Å². The molecule has 8 nitrogen and oxygen atoms in total. The van der Waals surface area contributed by atoms with Crippen molar-refractivity contribution in [1.29, 1.82) is 0 Å². The maximum absolute atomic E-state index is 12.5. The maximum Gasteiger partial charge on any atom is 0.274 e. The highest BCUT2D eigenvalue weighted by atomic mass is 16.5. The second-order valence-electron chi connectivity index (χ2n) is 6.61. The average Bonchev–Trinajstić information content (AvgIpc) is 2.67. The van der Waals surface area contributed by atoms with E-state index in [1.165, 1.54) is 4.68 Å². The van der Waals surface area contributed by atoms with Crippen LogP contribution in [-0.4, -0.2) is 27.7 Å². The van der Waals surface area contributed by atoms with Gasteiger partial charge in [-0.15, -0.1) is 0 Å². The van der Waals surface area contributed by atoms with Crippen LogP contribution < -0.4 is 20.9 Å². The molecule has 0 radical (unpaired) electrons. The summed E-state index contributed by atoms with van der Waals surface area (Å²) in [5, 5.41) is 10.9. The van der Waals surface area contributed by atoms with Crippen molar-refractivity contribution < 1.29 is 14.3 Å². The number of aryl methyl sites for hydroxylation is 1. The fourth-order valence-corrected chi connectivity index (χ4v) is 3.15. The van der Waals surface area contributed by atoms with Gasteiger partial charge in [0.05, 0.1) is 23.2 Å². The lowest BCUT2D eigenvalue weighted by Crippen LogP contribution is -2.34. The van der Waals surface area contributed by atoms with Crippen LogP contribution in [0.25, 0.3) is 10.8 Å². The van der Waals surface area contributed by atoms with Crippen molar-refractivity contribution in [2.45, 2.75) is 19.4 Å². The van der Waals surface area contributed by atoms with E-state index in [0.717, 1.165) is 0 Å². The van der Waals surface area contributed by atoms with Crippen LogP contribution in [0.15, 0.2) is 47.3 Å². The molecule has 0 spiro atoms. The van der Waals surface area contributed by atoms with Gasteiger partial charge in [0.25, 0.3) is 11.5 Å². The molecule has 2 heterocycles. The minimum Gasteiger partial charge on any atom is -0.479 e. The molecule has 2 aromatic carbocycles. The largest absolute Gasteiger partial charge is 0.479 e. The summed E-state index contributed by atoms with van der Waals surface area (Å²) in [4.78, 5) is 36.5. The van der Waals surface area contributed by atoms with E-state index >= 15 is 0 Å². The highest BCUT2D eigenvalue weighted by molar-refractivity contribution is 6.00. The van der Waals surface area contributed by atoms with Crippen molar-refractivity contribution in [1.82, 2.24) is 9.78 Å². The average molecular weight is 378 g/mol. The van der Waals surface area contributed by atoms with E-state index in [1.807, 2.05) is 0 Å². The minimum absolute atomic E-state index is 0.00557. The van der Waals surface area contributed by atoms with Gasteiger partial charge in [-0.2, -0.15) is 5.10 Å². The molecular weight excluding hydrogens is 360 g/mol. The summed E-state index contributed by atoms with van der Waals surface area (Å²) in [6, 6.07) is 12.1. The van der Waals surface area contributed by atoms with Crippen molar-refractivity contribution in [3.05, 3.63) is 58.5 Å². The summed E-state index contributed by atoms with van der Waals surface area (Å²) in [7, 11) is 1.56. The SMILES string of the molecule is C[C@@H]1Oc2ccc(NC(=O)Cc3nn(C)c(=O)c4ccccc34)cc2NC1=O. The van der Waals surface area contributed by atoms with Crippen LogP contribution in [0.1, 0.15) is 12.6 Å². The topological polar surface area (TPSA) is 102 Å². The molecule has 28 heavy (non-hydrogen) atoms. The van der Waals surface area contributed by atoms with Gasteiger partial charge in [0.2, 0.25) is 5.91 Å². The Kier molecular flexibility index (Phi) is 4.31. The summed E-state index contributed by atoms with van der Waals surface area (Å²) >= 11 is 0. The second-order valence-corrected chi connectivity index (χ2v) is 6.61. The molecule has 0 saturated heterocycles. The van der Waals surface area contributed by atoms with Crippen LogP contribution in [-0.2, 0) is 23.1 Å². The quantitative estimate of drug-likeness (QED) is 0.724. The fourth-order valence-electron chi connectivity index (χ4n) is 3.15. The molecule has 0 bridgehead atoms. The minimum atomic E-state index is -0.558. The predicted octanol–water partition coefficient (Wildman–Crippen LogP) is 1.83. The molecule has 0 fully saturated rings. The normalized spacial score (nSPS) is 15.5. The number of ether oxygens (including phenoxy) is 1. The molecule has 0 saturated carbocycles. The first-order chi connectivity index (χ1) is 13.4. The van der Waals surface area contributed by atoms with Gasteiger partial charge in [-0.25, -0.2) is 4.68 Å². The number of nitrogens with zero attached hydrogens (tertiary/aromatic N) is 2. The van der Waals surface area contributed by atoms with Gasteiger partial charge in [-0.3, -0.25) is 14.4 Å². The molecule has 1 aliphatic heterocycles. The highest BCUT2D eigenvalue weighted by Gasteiger charge is 2.23. The van der Waals surface area contributed by atoms with E-state index in [1.54, 1.807) is 56.4 Å². The van der Waals surface area contributed by atoms with Gasteiger partial charge >= 0.3 is 0 Å². The Bertz CT molecular complexity index is 1170. The molecule has 2 N–H and O–H groups in total. The summed E-state index contributed by atoms with van der Waals surface area (Å²) < 4.78 is 6.74.